The van der Waals surface area contributed by atoms with Gasteiger partial charge in [-0.2, -0.15) is 0 Å². The van der Waals surface area contributed by atoms with Crippen molar-refractivity contribution < 1.29 is 4.79 Å². The van der Waals surface area contributed by atoms with Crippen molar-refractivity contribution in [2.75, 3.05) is 27.2 Å². The number of likely N-dealkylation sites (tertiary alicyclic amines) is 1. The molecule has 3 heteroatoms. The summed E-state index contributed by atoms with van der Waals surface area (Å²) in [5.41, 5.74) is 2.02. The summed E-state index contributed by atoms with van der Waals surface area (Å²) in [6.45, 7) is 6.11. The highest BCUT2D eigenvalue weighted by Gasteiger charge is 2.28. The van der Waals surface area contributed by atoms with Gasteiger partial charge in [0, 0.05) is 18.2 Å². The monoisotopic (exact) mass is 274 g/mol. The Morgan fingerprint density at radius 3 is 2.55 bits per heavy atom. The number of nitrogens with zero attached hydrogens (tertiary/aromatic N) is 2. The third-order valence-corrected chi connectivity index (χ3v) is 4.42. The summed E-state index contributed by atoms with van der Waals surface area (Å²) in [7, 11) is 4.25. The minimum atomic E-state index is -0.0274. The van der Waals surface area contributed by atoms with Gasteiger partial charge in [-0.3, -0.25) is 9.69 Å². The van der Waals surface area contributed by atoms with Crippen molar-refractivity contribution in [1.82, 2.24) is 9.80 Å². The summed E-state index contributed by atoms with van der Waals surface area (Å²) in [6, 6.07) is 8.46. The topological polar surface area (TPSA) is 23.6 Å². The summed E-state index contributed by atoms with van der Waals surface area (Å²) in [6.07, 6.45) is 2.41. The summed E-state index contributed by atoms with van der Waals surface area (Å²) in [4.78, 5) is 17.2. The third-order valence-electron chi connectivity index (χ3n) is 4.42. The predicted octanol–water partition coefficient (Wildman–Crippen LogP) is 2.59. The summed E-state index contributed by atoms with van der Waals surface area (Å²) in [5.74, 6) is 0.240. The molecule has 0 bridgehead atoms. The van der Waals surface area contributed by atoms with Crippen LogP contribution in [0.1, 0.15) is 35.7 Å². The quantitative estimate of drug-likeness (QED) is 0.789. The summed E-state index contributed by atoms with van der Waals surface area (Å²) >= 11 is 0. The zero-order valence-corrected chi connectivity index (χ0v) is 13.1. The molecule has 1 fully saturated rings. The Labute approximate surface area is 122 Å². The number of hydrogen-bond donors (Lipinski definition) is 0. The van der Waals surface area contributed by atoms with E-state index in [0.29, 0.717) is 6.04 Å². The average Bonchev–Trinajstić information content (AvgIpc) is 2.46. The molecule has 0 saturated carbocycles. The predicted molar refractivity (Wildman–Crippen MR) is 83.3 cm³/mol. The van der Waals surface area contributed by atoms with Crippen LogP contribution in [0, 0.1) is 6.92 Å². The second kappa shape index (κ2) is 6.51. The van der Waals surface area contributed by atoms with Gasteiger partial charge in [0.15, 0.2) is 5.78 Å². The number of aryl methyl sites for hydroxylation is 1. The van der Waals surface area contributed by atoms with Crippen molar-refractivity contribution in [2.24, 2.45) is 0 Å². The molecule has 1 aromatic carbocycles. The van der Waals surface area contributed by atoms with Crippen LogP contribution in [0.5, 0.6) is 0 Å². The normalized spacial score (nSPS) is 21.9. The fourth-order valence-corrected chi connectivity index (χ4v) is 2.88. The molecule has 1 aliphatic heterocycles. The Hall–Kier alpha value is -1.19. The first-order valence-electron chi connectivity index (χ1n) is 7.50. The van der Waals surface area contributed by atoms with Gasteiger partial charge in [0.2, 0.25) is 0 Å². The van der Waals surface area contributed by atoms with Crippen molar-refractivity contribution in [3.63, 3.8) is 0 Å². The lowest BCUT2D eigenvalue weighted by molar-refractivity contribution is 0.0698. The molecular formula is C17H26N2O. The Morgan fingerprint density at radius 1 is 1.30 bits per heavy atom. The molecule has 0 spiro atoms. The van der Waals surface area contributed by atoms with Crippen LogP contribution >= 0.6 is 0 Å². The van der Waals surface area contributed by atoms with E-state index in [1.54, 1.807) is 0 Å². The minimum absolute atomic E-state index is 0.0274. The molecule has 3 nitrogen and oxygen atoms in total. The van der Waals surface area contributed by atoms with Gasteiger partial charge in [0.1, 0.15) is 0 Å². The molecule has 1 saturated heterocycles. The first-order valence-corrected chi connectivity index (χ1v) is 7.50. The highest BCUT2D eigenvalue weighted by Crippen LogP contribution is 2.18. The summed E-state index contributed by atoms with van der Waals surface area (Å²) in [5, 5.41) is 0. The fraction of sp³-hybridized carbons (Fsp3) is 0.588. The maximum Gasteiger partial charge on any atom is 0.179 e. The third kappa shape index (κ3) is 3.47. The molecule has 110 valence electrons. The zero-order valence-electron chi connectivity index (χ0n) is 13.1. The van der Waals surface area contributed by atoms with Gasteiger partial charge in [0.05, 0.1) is 6.04 Å². The highest BCUT2D eigenvalue weighted by molar-refractivity contribution is 5.99. The second-order valence-electron chi connectivity index (χ2n) is 6.16. The molecule has 0 radical (unpaired) electrons. The molecule has 0 aliphatic carbocycles. The minimum Gasteiger partial charge on any atom is -0.305 e. The second-order valence-corrected chi connectivity index (χ2v) is 6.16. The Balaban J connectivity index is 2.04. The van der Waals surface area contributed by atoms with Gasteiger partial charge in [-0.05, 0) is 47.3 Å². The van der Waals surface area contributed by atoms with Gasteiger partial charge in [-0.1, -0.05) is 29.8 Å². The van der Waals surface area contributed by atoms with E-state index in [1.165, 1.54) is 18.4 Å². The molecular weight excluding hydrogens is 248 g/mol. The number of carbonyl (C=O) groups is 1. The van der Waals surface area contributed by atoms with Gasteiger partial charge >= 0.3 is 0 Å². The van der Waals surface area contributed by atoms with Crippen LogP contribution in [0.15, 0.2) is 24.3 Å². The van der Waals surface area contributed by atoms with Crippen LogP contribution in [0.25, 0.3) is 0 Å². The molecule has 1 heterocycles. The molecule has 20 heavy (non-hydrogen) atoms. The number of rotatable bonds is 4. The van der Waals surface area contributed by atoms with Crippen LogP contribution in [0.4, 0.5) is 0 Å². The molecule has 2 unspecified atom stereocenters. The van der Waals surface area contributed by atoms with Crippen molar-refractivity contribution in [3.8, 4) is 0 Å². The van der Waals surface area contributed by atoms with Crippen molar-refractivity contribution in [3.05, 3.63) is 35.4 Å². The maximum atomic E-state index is 12.6. The number of ketones is 1. The fourth-order valence-electron chi connectivity index (χ4n) is 2.88. The average molecular weight is 274 g/mol. The maximum absolute atomic E-state index is 12.6. The molecule has 0 amide bonds. The van der Waals surface area contributed by atoms with E-state index in [0.717, 1.165) is 18.7 Å². The van der Waals surface area contributed by atoms with E-state index >= 15 is 0 Å². The summed E-state index contributed by atoms with van der Waals surface area (Å²) < 4.78 is 0. The molecule has 1 aliphatic rings. The molecule has 1 aromatic rings. The number of piperidine rings is 1. The lowest BCUT2D eigenvalue weighted by Crippen LogP contribution is -2.50. The number of likely N-dealkylation sites (N-methyl/N-ethyl adjacent to an activating group) is 1. The lowest BCUT2D eigenvalue weighted by Gasteiger charge is -2.38. The Bertz CT molecular complexity index is 453. The van der Waals surface area contributed by atoms with Gasteiger partial charge in [0.25, 0.3) is 0 Å². The van der Waals surface area contributed by atoms with Crippen LogP contribution in [-0.2, 0) is 0 Å². The van der Waals surface area contributed by atoms with E-state index in [-0.39, 0.29) is 11.8 Å². The van der Waals surface area contributed by atoms with E-state index in [2.05, 4.69) is 23.9 Å². The number of Topliss-reactive ketones (excluding diaryl/α,β-unsaturated/α-hetero) is 1. The SMILES string of the molecule is Cc1ccc(C(=O)C(C)N2CCCC(N(C)C)C2)cc1. The van der Waals surface area contributed by atoms with Crippen LogP contribution in [0.2, 0.25) is 0 Å². The van der Waals surface area contributed by atoms with E-state index in [1.807, 2.05) is 38.1 Å². The zero-order chi connectivity index (χ0) is 14.7. The van der Waals surface area contributed by atoms with E-state index in [4.69, 9.17) is 0 Å². The van der Waals surface area contributed by atoms with E-state index < -0.39 is 0 Å². The van der Waals surface area contributed by atoms with E-state index in [9.17, 15) is 4.79 Å². The first kappa shape index (κ1) is 15.2. The molecule has 0 N–H and O–H groups in total. The highest BCUT2D eigenvalue weighted by atomic mass is 16.1. The van der Waals surface area contributed by atoms with Crippen molar-refractivity contribution in [1.29, 1.82) is 0 Å². The Kier molecular flexibility index (Phi) is 4.95. The molecule has 0 aromatic heterocycles. The smallest absolute Gasteiger partial charge is 0.179 e. The van der Waals surface area contributed by atoms with Crippen molar-refractivity contribution >= 4 is 5.78 Å². The lowest BCUT2D eigenvalue weighted by atomic mass is 9.98. The van der Waals surface area contributed by atoms with Gasteiger partial charge < -0.3 is 4.90 Å². The largest absolute Gasteiger partial charge is 0.305 e. The van der Waals surface area contributed by atoms with Gasteiger partial charge in [-0.25, -0.2) is 0 Å². The standard InChI is InChI=1S/C17H26N2O/c1-13-7-9-15(10-8-13)17(20)14(2)19-11-5-6-16(12-19)18(3)4/h7-10,14,16H,5-6,11-12H2,1-4H3. The van der Waals surface area contributed by atoms with Crippen LogP contribution < -0.4 is 0 Å². The first-order chi connectivity index (χ1) is 9.49. The van der Waals surface area contributed by atoms with Gasteiger partial charge in [-0.15, -0.1) is 0 Å². The van der Waals surface area contributed by atoms with Crippen LogP contribution in [0.3, 0.4) is 0 Å². The number of hydrogen-bond acceptors (Lipinski definition) is 3. The number of carbonyl (C=O) groups excluding carboxylic acids is 1. The van der Waals surface area contributed by atoms with Crippen molar-refractivity contribution in [2.45, 2.75) is 38.8 Å². The molecule has 2 rings (SSSR count). The number of benzene rings is 1. The molecule has 2 atom stereocenters. The van der Waals surface area contributed by atoms with Crippen LogP contribution in [-0.4, -0.2) is 54.9 Å². The Morgan fingerprint density at radius 2 is 1.95 bits per heavy atom.